The first kappa shape index (κ1) is 28.9. The van der Waals surface area contributed by atoms with E-state index in [1.54, 1.807) is 13.0 Å². The number of hydrogen-bond donors (Lipinski definition) is 2. The van der Waals surface area contributed by atoms with Gasteiger partial charge in [-0.15, -0.1) is 0 Å². The third-order valence-electron chi connectivity index (χ3n) is 6.78. The Morgan fingerprint density at radius 3 is 2.49 bits per heavy atom. The number of aliphatic hydroxyl groups excluding tert-OH is 1. The predicted octanol–water partition coefficient (Wildman–Crippen LogP) is 5.27. The normalized spacial score (nSPS) is 15.5. The topological polar surface area (TPSA) is 77.0 Å². The second-order valence-electron chi connectivity index (χ2n) is 10.5. The monoisotopic (exact) mass is 509 g/mol. The highest BCUT2D eigenvalue weighted by atomic mass is 16.5. The largest absolute Gasteiger partial charge is 0.494 e. The van der Waals surface area contributed by atoms with Crippen molar-refractivity contribution in [2.75, 3.05) is 26.4 Å². The SMILES string of the molecule is CCOC(=O)/C=C/c1ccc(OCC)cc1[C@@H](C)OC[C@H](O)CNC(C)(C)CC1Cc2ccccc2C1. The fourth-order valence-electron chi connectivity index (χ4n) is 5.05. The first-order chi connectivity index (χ1) is 17.7. The summed E-state index contributed by atoms with van der Waals surface area (Å²) < 4.78 is 16.7. The highest BCUT2D eigenvalue weighted by Crippen LogP contribution is 2.32. The molecule has 202 valence electrons. The molecule has 0 amide bonds. The highest BCUT2D eigenvalue weighted by molar-refractivity contribution is 5.87. The molecule has 0 heterocycles. The number of fused-ring (bicyclic) bond motifs is 1. The fourth-order valence-corrected chi connectivity index (χ4v) is 5.05. The van der Waals surface area contributed by atoms with Gasteiger partial charge in [-0.1, -0.05) is 30.3 Å². The van der Waals surface area contributed by atoms with E-state index < -0.39 is 6.10 Å². The van der Waals surface area contributed by atoms with E-state index in [0.29, 0.717) is 25.7 Å². The highest BCUT2D eigenvalue weighted by Gasteiger charge is 2.28. The second kappa shape index (κ2) is 13.8. The number of β-amino-alcohol motifs (C(OH)–C–C–N with tert-alkyl or cyclic N) is 1. The van der Waals surface area contributed by atoms with Crippen molar-refractivity contribution in [3.8, 4) is 5.75 Å². The maximum atomic E-state index is 11.8. The molecule has 0 radical (unpaired) electrons. The molecule has 0 bridgehead atoms. The maximum Gasteiger partial charge on any atom is 0.330 e. The van der Waals surface area contributed by atoms with Gasteiger partial charge in [0.2, 0.25) is 0 Å². The third kappa shape index (κ3) is 8.99. The van der Waals surface area contributed by atoms with E-state index in [1.165, 1.54) is 17.2 Å². The fraction of sp³-hybridized carbons (Fsp3) is 0.516. The van der Waals surface area contributed by atoms with Crippen molar-refractivity contribution in [2.24, 2.45) is 5.92 Å². The Hall–Kier alpha value is -2.67. The van der Waals surface area contributed by atoms with Crippen LogP contribution in [0, 0.1) is 5.92 Å². The number of esters is 1. The Kier molecular flexibility index (Phi) is 10.7. The number of carbonyl (C=O) groups excluding carboxylic acids is 1. The molecular weight excluding hydrogens is 466 g/mol. The second-order valence-corrected chi connectivity index (χ2v) is 10.5. The van der Waals surface area contributed by atoms with Crippen molar-refractivity contribution >= 4 is 12.0 Å². The third-order valence-corrected chi connectivity index (χ3v) is 6.78. The summed E-state index contributed by atoms with van der Waals surface area (Å²) in [6, 6.07) is 14.4. The zero-order valence-corrected chi connectivity index (χ0v) is 23.0. The lowest BCUT2D eigenvalue weighted by atomic mass is 9.88. The lowest BCUT2D eigenvalue weighted by molar-refractivity contribution is -0.137. The molecule has 0 saturated carbocycles. The molecule has 3 rings (SSSR count). The molecule has 1 aliphatic carbocycles. The van der Waals surface area contributed by atoms with Crippen molar-refractivity contribution in [3.63, 3.8) is 0 Å². The molecule has 0 fully saturated rings. The quantitative estimate of drug-likeness (QED) is 0.267. The molecule has 1 aliphatic rings. The van der Waals surface area contributed by atoms with Gasteiger partial charge in [0.1, 0.15) is 5.75 Å². The van der Waals surface area contributed by atoms with Gasteiger partial charge in [-0.2, -0.15) is 0 Å². The van der Waals surface area contributed by atoms with E-state index in [1.807, 2.05) is 32.0 Å². The summed E-state index contributed by atoms with van der Waals surface area (Å²) >= 11 is 0. The Balaban J connectivity index is 1.52. The minimum absolute atomic E-state index is 0.0871. The molecule has 2 aromatic rings. The molecule has 2 N–H and O–H groups in total. The lowest BCUT2D eigenvalue weighted by Gasteiger charge is -2.31. The standard InChI is InChI=1S/C31H43NO5/c1-6-35-28-14-12-24(13-15-30(34)36-7-2)29(18-28)22(3)37-21-27(33)20-32-31(4,5)19-23-16-25-10-8-9-11-26(25)17-23/h8-15,18,22-23,27,32-33H,6-7,16-17,19-21H2,1-5H3/b15-13+/t22-,27-/m1/s1. The van der Waals surface area contributed by atoms with Crippen molar-refractivity contribution in [1.82, 2.24) is 5.32 Å². The number of ether oxygens (including phenoxy) is 3. The van der Waals surface area contributed by atoms with Crippen LogP contribution in [0.4, 0.5) is 0 Å². The molecule has 6 heteroatoms. The number of benzene rings is 2. The van der Waals surface area contributed by atoms with Crippen molar-refractivity contribution in [1.29, 1.82) is 0 Å². The summed E-state index contributed by atoms with van der Waals surface area (Å²) in [7, 11) is 0. The Labute approximate surface area is 222 Å². The average molecular weight is 510 g/mol. The number of nitrogens with one attached hydrogen (secondary N) is 1. The molecular formula is C31H43NO5. The van der Waals surface area contributed by atoms with Gasteiger partial charge in [0.25, 0.3) is 0 Å². The van der Waals surface area contributed by atoms with E-state index >= 15 is 0 Å². The van der Waals surface area contributed by atoms with E-state index in [4.69, 9.17) is 14.2 Å². The van der Waals surface area contributed by atoms with Crippen LogP contribution in [0.25, 0.3) is 6.08 Å². The molecule has 0 aromatic heterocycles. The first-order valence-electron chi connectivity index (χ1n) is 13.4. The van der Waals surface area contributed by atoms with Crippen LogP contribution in [-0.2, 0) is 27.1 Å². The smallest absolute Gasteiger partial charge is 0.330 e. The van der Waals surface area contributed by atoms with Crippen LogP contribution in [0.1, 0.15) is 69.4 Å². The van der Waals surface area contributed by atoms with Gasteiger partial charge >= 0.3 is 5.97 Å². The van der Waals surface area contributed by atoms with Gasteiger partial charge < -0.3 is 24.6 Å². The summed E-state index contributed by atoms with van der Waals surface area (Å²) in [5.41, 5.74) is 4.57. The molecule has 2 aromatic carbocycles. The minimum atomic E-state index is -0.643. The maximum absolute atomic E-state index is 11.8. The summed E-state index contributed by atoms with van der Waals surface area (Å²) in [6.07, 6.45) is 5.49. The molecule has 0 saturated heterocycles. The predicted molar refractivity (Wildman–Crippen MR) is 148 cm³/mol. The zero-order valence-electron chi connectivity index (χ0n) is 23.0. The number of rotatable bonds is 14. The zero-order chi connectivity index (χ0) is 26.8. The van der Waals surface area contributed by atoms with Gasteiger partial charge in [-0.3, -0.25) is 0 Å². The van der Waals surface area contributed by atoms with Crippen LogP contribution in [0.15, 0.2) is 48.5 Å². The summed E-state index contributed by atoms with van der Waals surface area (Å²) in [5.74, 6) is 0.966. The van der Waals surface area contributed by atoms with E-state index in [-0.39, 0.29) is 24.2 Å². The van der Waals surface area contributed by atoms with Crippen molar-refractivity contribution < 1.29 is 24.1 Å². The minimum Gasteiger partial charge on any atom is -0.494 e. The first-order valence-corrected chi connectivity index (χ1v) is 13.4. The molecule has 0 aliphatic heterocycles. The Bertz CT molecular complexity index is 1020. The van der Waals surface area contributed by atoms with Crippen LogP contribution in [0.5, 0.6) is 5.75 Å². The average Bonchev–Trinajstić information content (AvgIpc) is 3.27. The van der Waals surface area contributed by atoms with E-state index in [0.717, 1.165) is 36.1 Å². The van der Waals surface area contributed by atoms with Crippen LogP contribution < -0.4 is 10.1 Å². The number of carbonyl (C=O) groups is 1. The van der Waals surface area contributed by atoms with E-state index in [9.17, 15) is 9.90 Å². The van der Waals surface area contributed by atoms with Gasteiger partial charge in [0, 0.05) is 18.2 Å². The van der Waals surface area contributed by atoms with Gasteiger partial charge in [0.05, 0.1) is 32.0 Å². The molecule has 0 unspecified atom stereocenters. The van der Waals surface area contributed by atoms with Gasteiger partial charge in [-0.05, 0) is 100 Å². The summed E-state index contributed by atoms with van der Waals surface area (Å²) in [5, 5.41) is 14.2. The summed E-state index contributed by atoms with van der Waals surface area (Å²) in [4.78, 5) is 11.8. The Morgan fingerprint density at radius 1 is 1.14 bits per heavy atom. The molecule has 2 atom stereocenters. The number of aliphatic hydroxyl groups is 1. The van der Waals surface area contributed by atoms with Gasteiger partial charge in [-0.25, -0.2) is 4.79 Å². The number of hydrogen-bond acceptors (Lipinski definition) is 6. The van der Waals surface area contributed by atoms with Crippen LogP contribution in [0.3, 0.4) is 0 Å². The van der Waals surface area contributed by atoms with E-state index in [2.05, 4.69) is 43.4 Å². The Morgan fingerprint density at radius 2 is 1.84 bits per heavy atom. The van der Waals surface area contributed by atoms with Crippen LogP contribution >= 0.6 is 0 Å². The van der Waals surface area contributed by atoms with Crippen LogP contribution in [0.2, 0.25) is 0 Å². The lowest BCUT2D eigenvalue weighted by Crippen LogP contribution is -2.45. The van der Waals surface area contributed by atoms with Crippen LogP contribution in [-0.4, -0.2) is 49.1 Å². The van der Waals surface area contributed by atoms with Gasteiger partial charge in [0.15, 0.2) is 0 Å². The van der Waals surface area contributed by atoms with Crippen molar-refractivity contribution in [3.05, 3.63) is 70.8 Å². The molecule has 0 spiro atoms. The molecule has 37 heavy (non-hydrogen) atoms. The van der Waals surface area contributed by atoms with Crippen molar-refractivity contribution in [2.45, 2.75) is 71.6 Å². The molecule has 6 nitrogen and oxygen atoms in total. The summed E-state index contributed by atoms with van der Waals surface area (Å²) in [6.45, 7) is 11.6.